The van der Waals surface area contributed by atoms with Crippen LogP contribution in [-0.2, 0) is 4.74 Å². The number of nitrogens with one attached hydrogen (secondary N) is 1. The summed E-state index contributed by atoms with van der Waals surface area (Å²) in [5, 5.41) is 7.48. The first-order chi connectivity index (χ1) is 9.74. The first kappa shape index (κ1) is 13.1. The number of benzene rings is 1. The predicted octanol–water partition coefficient (Wildman–Crippen LogP) is 2.75. The Hall–Kier alpha value is -1.85. The number of nitrogens with zero attached hydrogens (tertiary/aromatic N) is 2. The lowest BCUT2D eigenvalue weighted by molar-refractivity contribution is 0.102. The lowest BCUT2D eigenvalue weighted by Gasteiger charge is -2.07. The van der Waals surface area contributed by atoms with E-state index in [1.165, 1.54) is 0 Å². The fourth-order valence-electron chi connectivity index (χ4n) is 2.18. The molecule has 0 bridgehead atoms. The fraction of sp³-hybridized carbons (Fsp3) is 0.286. The normalized spacial score (nSPS) is 18.1. The van der Waals surface area contributed by atoms with Gasteiger partial charge in [-0.3, -0.25) is 9.48 Å². The van der Waals surface area contributed by atoms with E-state index in [1.807, 2.05) is 10.9 Å². The zero-order valence-corrected chi connectivity index (χ0v) is 11.5. The average molecular weight is 292 g/mol. The van der Waals surface area contributed by atoms with E-state index in [1.54, 1.807) is 30.5 Å². The van der Waals surface area contributed by atoms with Crippen molar-refractivity contribution in [3.05, 3.63) is 47.2 Å². The minimum absolute atomic E-state index is 0.238. The highest BCUT2D eigenvalue weighted by Crippen LogP contribution is 2.21. The number of aromatic nitrogens is 2. The molecule has 1 fully saturated rings. The molecule has 1 amide bonds. The number of amides is 1. The van der Waals surface area contributed by atoms with Crippen LogP contribution < -0.4 is 5.32 Å². The lowest BCUT2D eigenvalue weighted by atomic mass is 10.2. The van der Waals surface area contributed by atoms with E-state index in [-0.39, 0.29) is 11.9 Å². The highest BCUT2D eigenvalue weighted by Gasteiger charge is 2.19. The fourth-order valence-corrected chi connectivity index (χ4v) is 2.40. The molecule has 6 heteroatoms. The number of halogens is 1. The van der Waals surface area contributed by atoms with Gasteiger partial charge in [-0.15, -0.1) is 0 Å². The lowest BCUT2D eigenvalue weighted by Crippen LogP contribution is -2.12. The summed E-state index contributed by atoms with van der Waals surface area (Å²) in [4.78, 5) is 12.1. The molecule has 5 nitrogen and oxygen atoms in total. The monoisotopic (exact) mass is 291 g/mol. The quantitative estimate of drug-likeness (QED) is 0.946. The zero-order chi connectivity index (χ0) is 13.9. The van der Waals surface area contributed by atoms with Gasteiger partial charge in [0.05, 0.1) is 35.1 Å². The highest BCUT2D eigenvalue weighted by atomic mass is 35.5. The third-order valence-electron chi connectivity index (χ3n) is 3.26. The molecule has 1 aliphatic heterocycles. The van der Waals surface area contributed by atoms with Gasteiger partial charge in [0, 0.05) is 12.8 Å². The standard InChI is InChI=1S/C14H14ClN3O2/c15-13-4-2-1-3-12(13)14(19)17-10-7-16-18(8-10)11-5-6-20-9-11/h1-4,7-8,11H,5-6,9H2,(H,17,19). The molecule has 104 valence electrons. The van der Waals surface area contributed by atoms with Gasteiger partial charge in [-0.05, 0) is 18.6 Å². The van der Waals surface area contributed by atoms with Gasteiger partial charge in [0.2, 0.25) is 0 Å². The van der Waals surface area contributed by atoms with Gasteiger partial charge < -0.3 is 10.1 Å². The van der Waals surface area contributed by atoms with Gasteiger partial charge in [0.25, 0.3) is 5.91 Å². The van der Waals surface area contributed by atoms with Crippen molar-refractivity contribution in [3.8, 4) is 0 Å². The molecule has 2 heterocycles. The molecular weight excluding hydrogens is 278 g/mol. The number of carbonyl (C=O) groups is 1. The molecule has 0 saturated carbocycles. The number of ether oxygens (including phenoxy) is 1. The van der Waals surface area contributed by atoms with Crippen molar-refractivity contribution >= 4 is 23.2 Å². The van der Waals surface area contributed by atoms with Gasteiger partial charge in [-0.25, -0.2) is 0 Å². The Morgan fingerprint density at radius 2 is 2.30 bits per heavy atom. The van der Waals surface area contributed by atoms with Crippen molar-refractivity contribution in [1.29, 1.82) is 0 Å². The summed E-state index contributed by atoms with van der Waals surface area (Å²) < 4.78 is 7.15. The molecule has 2 aromatic rings. The Bertz CT molecular complexity index is 620. The minimum Gasteiger partial charge on any atom is -0.379 e. The molecule has 1 N–H and O–H groups in total. The predicted molar refractivity (Wildman–Crippen MR) is 76.1 cm³/mol. The van der Waals surface area contributed by atoms with Crippen molar-refractivity contribution in [1.82, 2.24) is 9.78 Å². The van der Waals surface area contributed by atoms with Gasteiger partial charge in [0.15, 0.2) is 0 Å². The van der Waals surface area contributed by atoms with E-state index in [0.717, 1.165) is 13.0 Å². The Kier molecular flexibility index (Phi) is 3.71. The molecule has 1 atom stereocenters. The van der Waals surface area contributed by atoms with Crippen LogP contribution in [0.1, 0.15) is 22.8 Å². The summed E-state index contributed by atoms with van der Waals surface area (Å²) in [5.74, 6) is -0.238. The maximum absolute atomic E-state index is 12.1. The maximum atomic E-state index is 12.1. The van der Waals surface area contributed by atoms with Crippen LogP contribution in [0.15, 0.2) is 36.7 Å². The number of hydrogen-bond acceptors (Lipinski definition) is 3. The third kappa shape index (κ3) is 2.69. The number of rotatable bonds is 3. The molecule has 0 aliphatic carbocycles. The van der Waals surface area contributed by atoms with Gasteiger partial charge in [-0.2, -0.15) is 5.10 Å². The Balaban J connectivity index is 1.72. The van der Waals surface area contributed by atoms with Crippen molar-refractivity contribution in [2.24, 2.45) is 0 Å². The zero-order valence-electron chi connectivity index (χ0n) is 10.8. The van der Waals surface area contributed by atoms with E-state index in [9.17, 15) is 4.79 Å². The second-order valence-electron chi connectivity index (χ2n) is 4.66. The second-order valence-corrected chi connectivity index (χ2v) is 5.07. The topological polar surface area (TPSA) is 56.2 Å². The van der Waals surface area contributed by atoms with Crippen molar-refractivity contribution in [3.63, 3.8) is 0 Å². The van der Waals surface area contributed by atoms with Crippen LogP contribution in [0.3, 0.4) is 0 Å². The van der Waals surface area contributed by atoms with Crippen LogP contribution in [-0.4, -0.2) is 28.9 Å². The molecule has 0 spiro atoms. The molecule has 20 heavy (non-hydrogen) atoms. The average Bonchev–Trinajstić information content (AvgIpc) is 3.09. The molecule has 1 aromatic carbocycles. The number of carbonyl (C=O) groups excluding carboxylic acids is 1. The van der Waals surface area contributed by atoms with E-state index in [4.69, 9.17) is 16.3 Å². The smallest absolute Gasteiger partial charge is 0.257 e. The van der Waals surface area contributed by atoms with E-state index < -0.39 is 0 Å². The van der Waals surface area contributed by atoms with Crippen molar-refractivity contribution in [2.75, 3.05) is 18.5 Å². The number of anilines is 1. The Morgan fingerprint density at radius 3 is 3.05 bits per heavy atom. The second kappa shape index (κ2) is 5.64. The molecule has 1 saturated heterocycles. The van der Waals surface area contributed by atoms with Crippen molar-refractivity contribution < 1.29 is 9.53 Å². The van der Waals surface area contributed by atoms with Crippen molar-refractivity contribution in [2.45, 2.75) is 12.5 Å². The molecule has 1 unspecified atom stereocenters. The van der Waals surface area contributed by atoms with E-state index in [2.05, 4.69) is 10.4 Å². The van der Waals surface area contributed by atoms with Crippen LogP contribution in [0.4, 0.5) is 5.69 Å². The summed E-state index contributed by atoms with van der Waals surface area (Å²) in [6.45, 7) is 1.42. The summed E-state index contributed by atoms with van der Waals surface area (Å²) in [6, 6.07) is 7.20. The summed E-state index contributed by atoms with van der Waals surface area (Å²) in [5.41, 5.74) is 1.10. The summed E-state index contributed by atoms with van der Waals surface area (Å²) >= 11 is 6.00. The van der Waals surface area contributed by atoms with Gasteiger partial charge in [-0.1, -0.05) is 23.7 Å². The maximum Gasteiger partial charge on any atom is 0.257 e. The minimum atomic E-state index is -0.238. The van der Waals surface area contributed by atoms with Crippen LogP contribution in [0.2, 0.25) is 5.02 Å². The van der Waals surface area contributed by atoms with Crippen LogP contribution in [0, 0.1) is 0 Å². The molecule has 0 radical (unpaired) electrons. The highest BCUT2D eigenvalue weighted by molar-refractivity contribution is 6.34. The van der Waals surface area contributed by atoms with E-state index in [0.29, 0.717) is 22.9 Å². The van der Waals surface area contributed by atoms with Gasteiger partial charge in [0.1, 0.15) is 0 Å². The Labute approximate surface area is 121 Å². The summed E-state index contributed by atoms with van der Waals surface area (Å²) in [7, 11) is 0. The van der Waals surface area contributed by atoms with Crippen LogP contribution >= 0.6 is 11.6 Å². The van der Waals surface area contributed by atoms with Crippen LogP contribution in [0.5, 0.6) is 0 Å². The third-order valence-corrected chi connectivity index (χ3v) is 3.59. The van der Waals surface area contributed by atoms with Gasteiger partial charge >= 0.3 is 0 Å². The number of hydrogen-bond donors (Lipinski definition) is 1. The SMILES string of the molecule is O=C(Nc1cnn(C2CCOC2)c1)c1ccccc1Cl. The Morgan fingerprint density at radius 1 is 1.45 bits per heavy atom. The largest absolute Gasteiger partial charge is 0.379 e. The van der Waals surface area contributed by atoms with E-state index >= 15 is 0 Å². The first-order valence-corrected chi connectivity index (χ1v) is 6.79. The molecule has 1 aromatic heterocycles. The first-order valence-electron chi connectivity index (χ1n) is 6.42. The molecular formula is C14H14ClN3O2. The summed E-state index contributed by atoms with van der Waals surface area (Å²) in [6.07, 6.45) is 4.39. The molecule has 1 aliphatic rings. The van der Waals surface area contributed by atoms with Crippen LogP contribution in [0.25, 0.3) is 0 Å². The molecule has 3 rings (SSSR count).